The molecule has 5 nitrogen and oxygen atoms in total. The highest BCUT2D eigenvalue weighted by Gasteiger charge is 2.27. The standard InChI is InChI=1S/C13H15FO5/c1-5-19-13(16)10(15)8-6-7(2)11(17-3)12(18-4)9(8)14/h6H,5H2,1-4H3. The van der Waals surface area contributed by atoms with Crippen LogP contribution in [-0.4, -0.2) is 32.6 Å². The van der Waals surface area contributed by atoms with Gasteiger partial charge in [0, 0.05) is 0 Å². The average Bonchev–Trinajstić information content (AvgIpc) is 2.39. The van der Waals surface area contributed by atoms with Gasteiger partial charge < -0.3 is 14.2 Å². The number of methoxy groups -OCH3 is 2. The fourth-order valence-corrected chi connectivity index (χ4v) is 1.65. The molecular formula is C13H15FO5. The SMILES string of the molecule is CCOC(=O)C(=O)c1cc(C)c(OC)c(OC)c1F. The fourth-order valence-electron chi connectivity index (χ4n) is 1.65. The third kappa shape index (κ3) is 2.83. The zero-order chi connectivity index (χ0) is 14.6. The molecule has 1 rings (SSSR count). The Labute approximate surface area is 110 Å². The third-order valence-corrected chi connectivity index (χ3v) is 2.47. The Morgan fingerprint density at radius 2 is 1.79 bits per heavy atom. The number of rotatable bonds is 5. The molecule has 0 amide bonds. The molecule has 0 bridgehead atoms. The van der Waals surface area contributed by atoms with Crippen molar-refractivity contribution in [1.29, 1.82) is 0 Å². The first-order valence-corrected chi connectivity index (χ1v) is 5.60. The smallest absolute Gasteiger partial charge is 0.379 e. The molecule has 104 valence electrons. The predicted molar refractivity (Wildman–Crippen MR) is 65.2 cm³/mol. The molecule has 0 heterocycles. The van der Waals surface area contributed by atoms with E-state index in [9.17, 15) is 14.0 Å². The van der Waals surface area contributed by atoms with Crippen molar-refractivity contribution >= 4 is 11.8 Å². The maximum Gasteiger partial charge on any atom is 0.379 e. The monoisotopic (exact) mass is 270 g/mol. The lowest BCUT2D eigenvalue weighted by Gasteiger charge is -2.13. The summed E-state index contributed by atoms with van der Waals surface area (Å²) in [6, 6.07) is 1.23. The molecule has 0 aliphatic heterocycles. The minimum atomic E-state index is -1.10. The number of carbonyl (C=O) groups excluding carboxylic acids is 2. The lowest BCUT2D eigenvalue weighted by Crippen LogP contribution is -2.19. The van der Waals surface area contributed by atoms with Crippen LogP contribution in [0.25, 0.3) is 0 Å². The van der Waals surface area contributed by atoms with E-state index in [-0.39, 0.29) is 18.1 Å². The molecule has 0 radical (unpaired) electrons. The number of Topliss-reactive ketones (excluding diaryl/α,β-unsaturated/α-hetero) is 1. The van der Waals surface area contributed by atoms with Crippen LogP contribution in [-0.2, 0) is 9.53 Å². The minimum Gasteiger partial charge on any atom is -0.492 e. The van der Waals surface area contributed by atoms with Gasteiger partial charge in [0.05, 0.1) is 26.4 Å². The van der Waals surface area contributed by atoms with E-state index in [0.29, 0.717) is 5.56 Å². The first kappa shape index (κ1) is 14.9. The Balaban J connectivity index is 3.34. The second-order valence-electron chi connectivity index (χ2n) is 3.67. The number of hydrogen-bond donors (Lipinski definition) is 0. The quantitative estimate of drug-likeness (QED) is 0.464. The van der Waals surface area contributed by atoms with E-state index in [2.05, 4.69) is 4.74 Å². The molecular weight excluding hydrogens is 255 g/mol. The van der Waals surface area contributed by atoms with Gasteiger partial charge in [-0.2, -0.15) is 0 Å². The van der Waals surface area contributed by atoms with Gasteiger partial charge in [0.25, 0.3) is 5.78 Å². The average molecular weight is 270 g/mol. The zero-order valence-corrected chi connectivity index (χ0v) is 11.2. The second-order valence-corrected chi connectivity index (χ2v) is 3.67. The number of aryl methyl sites for hydroxylation is 1. The van der Waals surface area contributed by atoms with Gasteiger partial charge in [-0.05, 0) is 25.5 Å². The molecule has 0 aliphatic carbocycles. The van der Waals surface area contributed by atoms with Crippen molar-refractivity contribution in [3.63, 3.8) is 0 Å². The van der Waals surface area contributed by atoms with Gasteiger partial charge in [-0.15, -0.1) is 0 Å². The van der Waals surface area contributed by atoms with Gasteiger partial charge in [0.15, 0.2) is 17.3 Å². The van der Waals surface area contributed by atoms with E-state index >= 15 is 0 Å². The molecule has 0 N–H and O–H groups in total. The van der Waals surface area contributed by atoms with Gasteiger partial charge in [0.1, 0.15) is 0 Å². The Bertz CT molecular complexity index is 510. The van der Waals surface area contributed by atoms with Crippen LogP contribution >= 0.6 is 0 Å². The summed E-state index contributed by atoms with van der Waals surface area (Å²) in [4.78, 5) is 23.1. The first-order valence-electron chi connectivity index (χ1n) is 5.60. The van der Waals surface area contributed by atoms with Gasteiger partial charge in [0.2, 0.25) is 0 Å². The maximum atomic E-state index is 14.1. The highest BCUT2D eigenvalue weighted by atomic mass is 19.1. The molecule has 0 aromatic heterocycles. The molecule has 1 aromatic carbocycles. The summed E-state index contributed by atoms with van der Waals surface area (Å²) in [6.45, 7) is 3.21. The van der Waals surface area contributed by atoms with Crippen molar-refractivity contribution in [2.24, 2.45) is 0 Å². The molecule has 0 atom stereocenters. The highest BCUT2D eigenvalue weighted by molar-refractivity contribution is 6.40. The largest absolute Gasteiger partial charge is 0.492 e. The molecule has 19 heavy (non-hydrogen) atoms. The summed E-state index contributed by atoms with van der Waals surface area (Å²) in [7, 11) is 2.61. The van der Waals surface area contributed by atoms with Crippen LogP contribution < -0.4 is 9.47 Å². The number of hydrogen-bond acceptors (Lipinski definition) is 5. The topological polar surface area (TPSA) is 61.8 Å². The van der Waals surface area contributed by atoms with Crippen LogP contribution in [0.3, 0.4) is 0 Å². The molecule has 0 unspecified atom stereocenters. The molecule has 0 aliphatic rings. The normalized spacial score (nSPS) is 9.95. The summed E-state index contributed by atoms with van der Waals surface area (Å²) in [5, 5.41) is 0. The Kier molecular flexibility index (Phi) is 4.86. The molecule has 6 heteroatoms. The van der Waals surface area contributed by atoms with Gasteiger partial charge in [-0.1, -0.05) is 0 Å². The summed E-state index contributed by atoms with van der Waals surface area (Å²) in [5.41, 5.74) is 0.0852. The van der Waals surface area contributed by atoms with E-state index in [1.54, 1.807) is 13.8 Å². The lowest BCUT2D eigenvalue weighted by atomic mass is 10.0. The molecule has 0 spiro atoms. The number of ether oxygens (including phenoxy) is 3. The zero-order valence-electron chi connectivity index (χ0n) is 11.2. The van der Waals surface area contributed by atoms with Crippen LogP contribution in [0, 0.1) is 12.7 Å². The number of carbonyl (C=O) groups is 2. The second kappa shape index (κ2) is 6.17. The van der Waals surface area contributed by atoms with Crippen molar-refractivity contribution in [3.8, 4) is 11.5 Å². The van der Waals surface area contributed by atoms with Crippen LogP contribution in [0.4, 0.5) is 4.39 Å². The van der Waals surface area contributed by atoms with Crippen molar-refractivity contribution in [2.75, 3.05) is 20.8 Å². The Morgan fingerprint density at radius 1 is 1.21 bits per heavy atom. The first-order chi connectivity index (χ1) is 8.97. The van der Waals surface area contributed by atoms with E-state index in [1.165, 1.54) is 20.3 Å². The Hall–Kier alpha value is -2.11. The number of esters is 1. The van der Waals surface area contributed by atoms with E-state index in [0.717, 1.165) is 0 Å². The van der Waals surface area contributed by atoms with Gasteiger partial charge in [-0.25, -0.2) is 9.18 Å². The molecule has 0 saturated carbocycles. The molecule has 0 saturated heterocycles. The van der Waals surface area contributed by atoms with E-state index in [4.69, 9.17) is 9.47 Å². The Morgan fingerprint density at radius 3 is 2.26 bits per heavy atom. The van der Waals surface area contributed by atoms with Crippen molar-refractivity contribution in [3.05, 3.63) is 23.0 Å². The summed E-state index contributed by atoms with van der Waals surface area (Å²) in [5.74, 6) is -3.13. The van der Waals surface area contributed by atoms with Crippen molar-refractivity contribution in [2.45, 2.75) is 13.8 Å². The van der Waals surface area contributed by atoms with Crippen LogP contribution in [0.2, 0.25) is 0 Å². The van der Waals surface area contributed by atoms with E-state index < -0.39 is 23.1 Å². The van der Waals surface area contributed by atoms with Crippen molar-refractivity contribution in [1.82, 2.24) is 0 Å². The summed E-state index contributed by atoms with van der Waals surface area (Å²) in [6.07, 6.45) is 0. The lowest BCUT2D eigenvalue weighted by molar-refractivity contribution is -0.137. The number of benzene rings is 1. The fraction of sp³-hybridized carbons (Fsp3) is 0.385. The maximum absolute atomic E-state index is 14.1. The van der Waals surface area contributed by atoms with Crippen molar-refractivity contribution < 1.29 is 28.2 Å². The van der Waals surface area contributed by atoms with Crippen LogP contribution in [0.5, 0.6) is 11.5 Å². The summed E-state index contributed by atoms with van der Waals surface area (Å²) >= 11 is 0. The molecule has 0 fully saturated rings. The number of halogens is 1. The predicted octanol–water partition coefficient (Wildman–Crippen LogP) is 1.90. The highest BCUT2D eigenvalue weighted by Crippen LogP contribution is 2.35. The molecule has 1 aromatic rings. The number of ketones is 1. The summed E-state index contributed by atoms with van der Waals surface area (Å²) < 4.78 is 28.5. The van der Waals surface area contributed by atoms with Crippen LogP contribution in [0.15, 0.2) is 6.07 Å². The third-order valence-electron chi connectivity index (χ3n) is 2.47. The van der Waals surface area contributed by atoms with Crippen LogP contribution in [0.1, 0.15) is 22.8 Å². The van der Waals surface area contributed by atoms with E-state index in [1.807, 2.05) is 0 Å². The van der Waals surface area contributed by atoms with Gasteiger partial charge in [-0.3, -0.25) is 4.79 Å². The minimum absolute atomic E-state index is 0.0401. The van der Waals surface area contributed by atoms with Gasteiger partial charge >= 0.3 is 5.97 Å².